The van der Waals surface area contributed by atoms with Crippen LogP contribution in [0.5, 0.6) is 0 Å². The molecule has 0 aliphatic carbocycles. The largest absolute Gasteiger partial charge is 0.297 e. The Hall–Kier alpha value is -4.10. The van der Waals surface area contributed by atoms with Gasteiger partial charge in [-0.15, -0.1) is 0 Å². The van der Waals surface area contributed by atoms with Crippen LogP contribution >= 0.6 is 0 Å². The Bertz CT molecular complexity index is 1720. The van der Waals surface area contributed by atoms with E-state index in [1.54, 1.807) is 10.6 Å². The molecule has 3 aromatic carbocycles. The smallest absolute Gasteiger partial charge is 0.266 e. The summed E-state index contributed by atoms with van der Waals surface area (Å²) in [6.07, 6.45) is 1.59. The van der Waals surface area contributed by atoms with Crippen LogP contribution < -0.4 is 15.8 Å². The van der Waals surface area contributed by atoms with Crippen LogP contribution in [0.1, 0.15) is 44.1 Å². The summed E-state index contributed by atoms with van der Waals surface area (Å²) in [5, 5.41) is 4.29. The molecule has 3 aliphatic heterocycles. The lowest BCUT2D eigenvalue weighted by Gasteiger charge is -2.32. The standard InChI is InChI=1S/C32H30N4O3/c1-4-19-13-15-20(16-14-19)35-29(38)26-24(17-18(2)3)34-32(27(26)30(35)39)22-10-6-8-12-25(22)36-28(37)21-9-5-7-11-23(21)33-31(32)36/h5-16,18,24,26-27,34H,4,17H2,1-3H3/t24-,26-,27-,32+/m1/s1. The zero-order chi connectivity index (χ0) is 27.1. The fourth-order valence-corrected chi connectivity index (χ4v) is 7.06. The number of anilines is 1. The van der Waals surface area contributed by atoms with E-state index in [-0.39, 0.29) is 23.4 Å². The number of fused-ring (bicyclic) bond motifs is 8. The Labute approximate surface area is 226 Å². The van der Waals surface area contributed by atoms with E-state index >= 15 is 0 Å². The van der Waals surface area contributed by atoms with Gasteiger partial charge < -0.3 is 0 Å². The molecule has 0 saturated carbocycles. The van der Waals surface area contributed by atoms with Gasteiger partial charge in [-0.1, -0.05) is 63.2 Å². The maximum Gasteiger partial charge on any atom is 0.266 e. The number of hydrogen-bond acceptors (Lipinski definition) is 5. The van der Waals surface area contributed by atoms with Crippen molar-refractivity contribution in [1.82, 2.24) is 14.9 Å². The minimum Gasteiger partial charge on any atom is -0.297 e. The fraction of sp³-hybridized carbons (Fsp3) is 0.312. The van der Waals surface area contributed by atoms with E-state index in [2.05, 4.69) is 26.1 Å². The first-order valence-corrected chi connectivity index (χ1v) is 13.7. The molecule has 7 rings (SSSR count). The molecule has 39 heavy (non-hydrogen) atoms. The van der Waals surface area contributed by atoms with Crippen LogP contribution in [0.2, 0.25) is 0 Å². The Morgan fingerprint density at radius 2 is 1.64 bits per heavy atom. The molecule has 2 amide bonds. The number of carbonyl (C=O) groups excluding carboxylic acids is 2. The zero-order valence-electron chi connectivity index (χ0n) is 22.2. The number of hydrogen-bond donors (Lipinski definition) is 1. The SMILES string of the molecule is CCc1ccc(N2C(=O)[C@@H]3[C@@H](CC(C)C)N[C@@]4(c5ccccc5-n5c4nc4ccccc4c5=O)[C@H]3C2=O)cc1. The first-order chi connectivity index (χ1) is 18.9. The second kappa shape index (κ2) is 8.45. The molecule has 196 valence electrons. The Kier molecular flexibility index (Phi) is 5.19. The summed E-state index contributed by atoms with van der Waals surface area (Å²) >= 11 is 0. The number of amides is 2. The number of aromatic nitrogens is 2. The maximum absolute atomic E-state index is 14.5. The minimum absolute atomic E-state index is 0.172. The highest BCUT2D eigenvalue weighted by molar-refractivity contribution is 6.23. The number of rotatable bonds is 4. The molecule has 1 spiro atoms. The summed E-state index contributed by atoms with van der Waals surface area (Å²) in [5.41, 5.74) is 2.56. The summed E-state index contributed by atoms with van der Waals surface area (Å²) in [6.45, 7) is 6.32. The van der Waals surface area contributed by atoms with Crippen molar-refractivity contribution in [2.45, 2.75) is 45.2 Å². The normalized spacial score (nSPS) is 25.1. The highest BCUT2D eigenvalue weighted by Crippen LogP contribution is 2.56. The molecule has 7 heteroatoms. The van der Waals surface area contributed by atoms with Crippen molar-refractivity contribution in [1.29, 1.82) is 0 Å². The van der Waals surface area contributed by atoms with Gasteiger partial charge in [-0.25, -0.2) is 9.88 Å². The number of aryl methyl sites for hydroxylation is 1. The summed E-state index contributed by atoms with van der Waals surface area (Å²) < 4.78 is 1.65. The average molecular weight is 519 g/mol. The lowest BCUT2D eigenvalue weighted by Crippen LogP contribution is -2.50. The van der Waals surface area contributed by atoms with Gasteiger partial charge in [-0.3, -0.25) is 24.3 Å². The van der Waals surface area contributed by atoms with Crippen molar-refractivity contribution in [3.05, 3.63) is 100 Å². The van der Waals surface area contributed by atoms with Crippen LogP contribution in [0, 0.1) is 17.8 Å². The van der Waals surface area contributed by atoms with E-state index in [0.29, 0.717) is 40.4 Å². The van der Waals surface area contributed by atoms with Gasteiger partial charge in [0.05, 0.1) is 34.1 Å². The Morgan fingerprint density at radius 1 is 0.923 bits per heavy atom. The molecular weight excluding hydrogens is 488 g/mol. The van der Waals surface area contributed by atoms with Gasteiger partial charge in [0.1, 0.15) is 11.4 Å². The van der Waals surface area contributed by atoms with E-state index in [1.165, 1.54) is 4.90 Å². The maximum atomic E-state index is 14.5. The molecule has 2 fully saturated rings. The Morgan fingerprint density at radius 3 is 2.38 bits per heavy atom. The molecule has 3 aliphatic rings. The van der Waals surface area contributed by atoms with Crippen molar-refractivity contribution < 1.29 is 9.59 Å². The monoisotopic (exact) mass is 518 g/mol. The Balaban J connectivity index is 1.49. The van der Waals surface area contributed by atoms with E-state index < -0.39 is 17.4 Å². The van der Waals surface area contributed by atoms with Crippen LogP contribution in [0.3, 0.4) is 0 Å². The lowest BCUT2D eigenvalue weighted by atomic mass is 9.75. The quantitative estimate of drug-likeness (QED) is 0.407. The number of carbonyl (C=O) groups is 2. The molecular formula is C32H30N4O3. The van der Waals surface area contributed by atoms with Gasteiger partial charge in [0.2, 0.25) is 11.8 Å². The number of para-hydroxylation sites is 2. The number of imide groups is 1. The zero-order valence-corrected chi connectivity index (χ0v) is 22.2. The van der Waals surface area contributed by atoms with E-state index in [1.807, 2.05) is 66.7 Å². The van der Waals surface area contributed by atoms with E-state index in [9.17, 15) is 14.4 Å². The highest BCUT2D eigenvalue weighted by Gasteiger charge is 2.69. The van der Waals surface area contributed by atoms with Crippen LogP contribution in [0.4, 0.5) is 5.69 Å². The second-order valence-electron chi connectivity index (χ2n) is 11.3. The third-order valence-corrected chi connectivity index (χ3v) is 8.69. The van der Waals surface area contributed by atoms with Gasteiger partial charge in [-0.05, 0) is 54.7 Å². The van der Waals surface area contributed by atoms with Gasteiger partial charge >= 0.3 is 0 Å². The topological polar surface area (TPSA) is 84.3 Å². The third-order valence-electron chi connectivity index (χ3n) is 8.69. The first kappa shape index (κ1) is 24.0. The summed E-state index contributed by atoms with van der Waals surface area (Å²) in [7, 11) is 0. The molecule has 4 atom stereocenters. The van der Waals surface area contributed by atoms with Crippen LogP contribution in [-0.2, 0) is 21.5 Å². The average Bonchev–Trinajstić information content (AvgIpc) is 3.51. The van der Waals surface area contributed by atoms with Gasteiger partial charge in [0.15, 0.2) is 0 Å². The second-order valence-corrected chi connectivity index (χ2v) is 11.3. The fourth-order valence-electron chi connectivity index (χ4n) is 7.06. The molecule has 7 nitrogen and oxygen atoms in total. The third kappa shape index (κ3) is 3.13. The van der Waals surface area contributed by atoms with Crippen LogP contribution in [-0.4, -0.2) is 27.4 Å². The number of nitrogens with zero attached hydrogens (tertiary/aromatic N) is 3. The van der Waals surface area contributed by atoms with Crippen molar-refractivity contribution in [3.8, 4) is 5.69 Å². The van der Waals surface area contributed by atoms with Crippen molar-refractivity contribution in [3.63, 3.8) is 0 Å². The van der Waals surface area contributed by atoms with Crippen LogP contribution in [0.15, 0.2) is 77.6 Å². The first-order valence-electron chi connectivity index (χ1n) is 13.7. The number of benzene rings is 3. The van der Waals surface area contributed by atoms with Gasteiger partial charge in [0.25, 0.3) is 5.56 Å². The lowest BCUT2D eigenvalue weighted by molar-refractivity contribution is -0.123. The molecule has 0 unspecified atom stereocenters. The van der Waals surface area contributed by atoms with Gasteiger partial charge in [0, 0.05) is 11.6 Å². The van der Waals surface area contributed by atoms with E-state index in [0.717, 1.165) is 17.5 Å². The summed E-state index contributed by atoms with van der Waals surface area (Å²) in [5.74, 6) is -0.973. The summed E-state index contributed by atoms with van der Waals surface area (Å²) in [6, 6.07) is 22.4. The van der Waals surface area contributed by atoms with Crippen molar-refractivity contribution in [2.24, 2.45) is 17.8 Å². The van der Waals surface area contributed by atoms with Crippen molar-refractivity contribution in [2.75, 3.05) is 4.90 Å². The van der Waals surface area contributed by atoms with E-state index in [4.69, 9.17) is 4.98 Å². The highest BCUT2D eigenvalue weighted by atomic mass is 16.2. The molecule has 2 saturated heterocycles. The molecule has 4 aromatic rings. The van der Waals surface area contributed by atoms with Gasteiger partial charge in [-0.2, -0.15) is 0 Å². The molecule has 1 aromatic heterocycles. The molecule has 0 radical (unpaired) electrons. The minimum atomic E-state index is -1.10. The molecule has 4 heterocycles. The molecule has 0 bridgehead atoms. The predicted octanol–water partition coefficient (Wildman–Crippen LogP) is 4.33. The van der Waals surface area contributed by atoms with Crippen LogP contribution in [0.25, 0.3) is 16.6 Å². The number of nitrogens with one attached hydrogen (secondary N) is 1. The molecule has 1 N–H and O–H groups in total. The van der Waals surface area contributed by atoms with Crippen molar-refractivity contribution >= 4 is 28.4 Å². The summed E-state index contributed by atoms with van der Waals surface area (Å²) in [4.78, 5) is 48.9. The predicted molar refractivity (Wildman–Crippen MR) is 150 cm³/mol.